The molecule has 2 aromatic heterocycles. The highest BCUT2D eigenvalue weighted by molar-refractivity contribution is 7.09. The van der Waals surface area contributed by atoms with Crippen LogP contribution in [0.1, 0.15) is 16.7 Å². The molecule has 1 atom stereocenters. The Labute approximate surface area is 109 Å². The summed E-state index contributed by atoms with van der Waals surface area (Å²) in [5, 5.41) is 4.45. The Bertz CT molecular complexity index is 597. The van der Waals surface area contributed by atoms with E-state index < -0.39 is 0 Å². The summed E-state index contributed by atoms with van der Waals surface area (Å²) in [5.74, 6) is 0.979. The van der Waals surface area contributed by atoms with Gasteiger partial charge >= 0.3 is 0 Å². The number of aromatic nitrogens is 1. The van der Waals surface area contributed by atoms with Crippen molar-refractivity contribution >= 4 is 22.3 Å². The number of fused-ring (bicyclic) bond motifs is 1. The van der Waals surface area contributed by atoms with E-state index in [1.165, 1.54) is 4.88 Å². The largest absolute Gasteiger partial charge is 0.459 e. The molecule has 0 fully saturated rings. The van der Waals surface area contributed by atoms with Gasteiger partial charge in [0.15, 0.2) is 0 Å². The Morgan fingerprint density at radius 2 is 2.28 bits per heavy atom. The van der Waals surface area contributed by atoms with E-state index in [0.29, 0.717) is 0 Å². The van der Waals surface area contributed by atoms with Crippen molar-refractivity contribution < 1.29 is 4.42 Å². The molecular weight excluding hydrogens is 244 g/mol. The highest BCUT2D eigenvalue weighted by atomic mass is 32.1. The van der Waals surface area contributed by atoms with Crippen LogP contribution in [0.5, 0.6) is 0 Å². The van der Waals surface area contributed by atoms with Crippen LogP contribution in [0.3, 0.4) is 0 Å². The van der Waals surface area contributed by atoms with E-state index in [0.717, 1.165) is 23.2 Å². The molecule has 0 aliphatic carbocycles. The quantitative estimate of drug-likeness (QED) is 0.779. The number of rotatable bonds is 4. The predicted molar refractivity (Wildman–Crippen MR) is 73.8 cm³/mol. The van der Waals surface area contributed by atoms with Crippen molar-refractivity contribution in [2.75, 3.05) is 7.05 Å². The first-order valence-electron chi connectivity index (χ1n) is 5.90. The second-order valence-electron chi connectivity index (χ2n) is 4.20. The standard InChI is InChI=1S/C14H14N2OS/c1-15-12(7-11-8-16-9-18-11)14-6-10-4-2-3-5-13(10)17-14/h2-6,8-9,12,15H,7H2,1H3. The monoisotopic (exact) mass is 258 g/mol. The summed E-state index contributed by atoms with van der Waals surface area (Å²) in [6.07, 6.45) is 2.82. The Morgan fingerprint density at radius 1 is 1.39 bits per heavy atom. The number of nitrogens with one attached hydrogen (secondary N) is 1. The van der Waals surface area contributed by atoms with Crippen LogP contribution < -0.4 is 5.32 Å². The lowest BCUT2D eigenvalue weighted by atomic mass is 10.1. The van der Waals surface area contributed by atoms with Gasteiger partial charge in [-0.3, -0.25) is 4.98 Å². The first-order valence-corrected chi connectivity index (χ1v) is 6.78. The average molecular weight is 258 g/mol. The van der Waals surface area contributed by atoms with E-state index in [2.05, 4.69) is 22.4 Å². The van der Waals surface area contributed by atoms with Crippen LogP contribution in [0.2, 0.25) is 0 Å². The molecule has 0 saturated heterocycles. The van der Waals surface area contributed by atoms with E-state index in [4.69, 9.17) is 4.42 Å². The van der Waals surface area contributed by atoms with Crippen molar-refractivity contribution in [2.45, 2.75) is 12.5 Å². The zero-order chi connectivity index (χ0) is 12.4. The van der Waals surface area contributed by atoms with Gasteiger partial charge in [0.2, 0.25) is 0 Å². The normalized spacial score (nSPS) is 12.9. The highest BCUT2D eigenvalue weighted by Crippen LogP contribution is 2.26. The number of benzene rings is 1. The fourth-order valence-electron chi connectivity index (χ4n) is 2.06. The number of likely N-dealkylation sites (N-methyl/N-ethyl adjacent to an activating group) is 1. The maximum atomic E-state index is 5.89. The van der Waals surface area contributed by atoms with Gasteiger partial charge in [-0.05, 0) is 19.2 Å². The molecule has 1 aromatic carbocycles. The van der Waals surface area contributed by atoms with Gasteiger partial charge in [-0.25, -0.2) is 0 Å². The zero-order valence-electron chi connectivity index (χ0n) is 10.1. The summed E-state index contributed by atoms with van der Waals surface area (Å²) in [5.41, 5.74) is 2.80. The molecule has 4 heteroatoms. The topological polar surface area (TPSA) is 38.1 Å². The van der Waals surface area contributed by atoms with Crippen molar-refractivity contribution in [3.63, 3.8) is 0 Å². The SMILES string of the molecule is CNC(Cc1cncs1)c1cc2ccccc2o1. The smallest absolute Gasteiger partial charge is 0.134 e. The van der Waals surface area contributed by atoms with Gasteiger partial charge in [-0.15, -0.1) is 11.3 Å². The lowest BCUT2D eigenvalue weighted by molar-refractivity contribution is 0.452. The molecule has 0 aliphatic heterocycles. The maximum absolute atomic E-state index is 5.89. The third kappa shape index (κ3) is 2.17. The van der Waals surface area contributed by atoms with Gasteiger partial charge in [0.05, 0.1) is 11.6 Å². The molecule has 0 radical (unpaired) electrons. The lowest BCUT2D eigenvalue weighted by Gasteiger charge is -2.11. The Morgan fingerprint density at radius 3 is 3.00 bits per heavy atom. The third-order valence-electron chi connectivity index (χ3n) is 3.03. The molecular formula is C14H14N2OS. The third-order valence-corrected chi connectivity index (χ3v) is 3.83. The van der Waals surface area contributed by atoms with Gasteiger partial charge in [-0.2, -0.15) is 0 Å². The Kier molecular flexibility index (Phi) is 3.13. The Hall–Kier alpha value is -1.65. The summed E-state index contributed by atoms with van der Waals surface area (Å²) in [6.45, 7) is 0. The fraction of sp³-hybridized carbons (Fsp3) is 0.214. The fourth-order valence-corrected chi connectivity index (χ4v) is 2.70. The van der Waals surface area contributed by atoms with Gasteiger partial charge < -0.3 is 9.73 Å². The van der Waals surface area contributed by atoms with Gasteiger partial charge in [-0.1, -0.05) is 18.2 Å². The van der Waals surface area contributed by atoms with Crippen molar-refractivity contribution in [1.29, 1.82) is 0 Å². The average Bonchev–Trinajstić information content (AvgIpc) is 3.04. The summed E-state index contributed by atoms with van der Waals surface area (Å²) in [4.78, 5) is 5.37. The molecule has 0 spiro atoms. The molecule has 18 heavy (non-hydrogen) atoms. The van der Waals surface area contributed by atoms with Gasteiger partial charge in [0, 0.05) is 22.9 Å². The minimum Gasteiger partial charge on any atom is -0.459 e. The minimum atomic E-state index is 0.192. The molecule has 0 aliphatic rings. The molecule has 3 aromatic rings. The molecule has 3 rings (SSSR count). The van der Waals surface area contributed by atoms with E-state index in [1.807, 2.05) is 37.0 Å². The number of furan rings is 1. The van der Waals surface area contributed by atoms with E-state index in [-0.39, 0.29) is 6.04 Å². The summed E-state index contributed by atoms with van der Waals surface area (Å²) < 4.78 is 5.89. The molecule has 2 heterocycles. The van der Waals surface area contributed by atoms with Crippen LogP contribution in [0.25, 0.3) is 11.0 Å². The second-order valence-corrected chi connectivity index (χ2v) is 5.17. The van der Waals surface area contributed by atoms with E-state index in [1.54, 1.807) is 11.3 Å². The van der Waals surface area contributed by atoms with Crippen molar-refractivity contribution in [3.05, 3.63) is 52.7 Å². The molecule has 0 bridgehead atoms. The van der Waals surface area contributed by atoms with E-state index in [9.17, 15) is 0 Å². The minimum absolute atomic E-state index is 0.192. The molecule has 3 nitrogen and oxygen atoms in total. The van der Waals surface area contributed by atoms with Crippen LogP contribution in [-0.2, 0) is 6.42 Å². The number of hydrogen-bond donors (Lipinski definition) is 1. The zero-order valence-corrected chi connectivity index (χ0v) is 10.9. The van der Waals surface area contributed by atoms with Crippen molar-refractivity contribution in [2.24, 2.45) is 0 Å². The number of para-hydroxylation sites is 1. The predicted octanol–water partition coefficient (Wildman–Crippen LogP) is 3.39. The highest BCUT2D eigenvalue weighted by Gasteiger charge is 2.15. The number of hydrogen-bond acceptors (Lipinski definition) is 4. The maximum Gasteiger partial charge on any atom is 0.134 e. The lowest BCUT2D eigenvalue weighted by Crippen LogP contribution is -2.17. The first-order chi connectivity index (χ1) is 8.86. The van der Waals surface area contributed by atoms with Gasteiger partial charge in [0.1, 0.15) is 11.3 Å². The van der Waals surface area contributed by atoms with Crippen molar-refractivity contribution in [3.8, 4) is 0 Å². The molecule has 1 N–H and O–H groups in total. The van der Waals surface area contributed by atoms with Crippen LogP contribution >= 0.6 is 11.3 Å². The van der Waals surface area contributed by atoms with Crippen LogP contribution in [-0.4, -0.2) is 12.0 Å². The molecule has 0 saturated carbocycles. The second kappa shape index (κ2) is 4.92. The summed E-state index contributed by atoms with van der Waals surface area (Å²) in [7, 11) is 1.96. The molecule has 0 amide bonds. The molecule has 1 unspecified atom stereocenters. The van der Waals surface area contributed by atoms with Gasteiger partial charge in [0.25, 0.3) is 0 Å². The van der Waals surface area contributed by atoms with Crippen LogP contribution in [0.15, 0.2) is 46.5 Å². The summed E-state index contributed by atoms with van der Waals surface area (Å²) in [6, 6.07) is 10.4. The van der Waals surface area contributed by atoms with Crippen molar-refractivity contribution in [1.82, 2.24) is 10.3 Å². The van der Waals surface area contributed by atoms with E-state index >= 15 is 0 Å². The van der Waals surface area contributed by atoms with Crippen LogP contribution in [0, 0.1) is 0 Å². The Balaban J connectivity index is 1.90. The van der Waals surface area contributed by atoms with Crippen LogP contribution in [0.4, 0.5) is 0 Å². The number of nitrogens with zero attached hydrogens (tertiary/aromatic N) is 1. The molecule has 92 valence electrons. The number of thiazole rings is 1. The first kappa shape index (κ1) is 11.4. The summed E-state index contributed by atoms with van der Waals surface area (Å²) >= 11 is 1.68.